The molecule has 3 fully saturated rings. The van der Waals surface area contributed by atoms with E-state index in [0.717, 1.165) is 49.8 Å². The standard InChI is InChI=1S/C36H41ClN8O4/c1-35(2)33(36(3,4)34(35)49-25-10-7-23(20-38)26(37)19-25)45(28-12-14-30(46)40-32(28)48)24-8-5-22(6-9-24)21-43-15-17-44(18-16-43)29-13-11-27(31(39)47)41-42-29/h5-11,13,19,28,33-34H,12,14-18,21H2,1-4H3,(H2,39,47)(H,40,46,48). The fourth-order valence-corrected chi connectivity index (χ4v) is 8.39. The predicted molar refractivity (Wildman–Crippen MR) is 185 cm³/mol. The molecule has 3 N–H and O–H groups in total. The first-order chi connectivity index (χ1) is 23.3. The monoisotopic (exact) mass is 684 g/mol. The van der Waals surface area contributed by atoms with Gasteiger partial charge in [-0.05, 0) is 48.4 Å². The molecule has 1 atom stereocenters. The number of anilines is 2. The number of piperidine rings is 1. The third-order valence-electron chi connectivity index (χ3n) is 10.1. The zero-order chi connectivity index (χ0) is 35.1. The second kappa shape index (κ2) is 13.3. The van der Waals surface area contributed by atoms with Gasteiger partial charge in [0.2, 0.25) is 11.8 Å². The van der Waals surface area contributed by atoms with Gasteiger partial charge in [-0.15, -0.1) is 10.2 Å². The third kappa shape index (κ3) is 6.65. The molecule has 2 saturated heterocycles. The van der Waals surface area contributed by atoms with Gasteiger partial charge in [-0.2, -0.15) is 5.26 Å². The highest BCUT2D eigenvalue weighted by Crippen LogP contribution is 2.59. The van der Waals surface area contributed by atoms with Crippen LogP contribution in [0.5, 0.6) is 5.75 Å². The van der Waals surface area contributed by atoms with E-state index in [1.807, 2.05) is 0 Å². The summed E-state index contributed by atoms with van der Waals surface area (Å²) >= 11 is 6.32. The molecule has 49 heavy (non-hydrogen) atoms. The molecular weight excluding hydrogens is 644 g/mol. The van der Waals surface area contributed by atoms with Crippen LogP contribution in [0.15, 0.2) is 54.6 Å². The lowest BCUT2D eigenvalue weighted by Gasteiger charge is -2.67. The van der Waals surface area contributed by atoms with Crippen molar-refractivity contribution in [2.24, 2.45) is 16.6 Å². The molecule has 0 spiro atoms. The number of amides is 3. The average Bonchev–Trinajstić information content (AvgIpc) is 3.07. The third-order valence-corrected chi connectivity index (χ3v) is 10.5. The summed E-state index contributed by atoms with van der Waals surface area (Å²) in [4.78, 5) is 43.6. The van der Waals surface area contributed by atoms with Gasteiger partial charge in [0.15, 0.2) is 11.5 Å². The first-order valence-corrected chi connectivity index (χ1v) is 16.9. The van der Waals surface area contributed by atoms with Crippen molar-refractivity contribution < 1.29 is 19.1 Å². The van der Waals surface area contributed by atoms with Gasteiger partial charge in [-0.1, -0.05) is 51.4 Å². The minimum atomic E-state index is -0.598. The van der Waals surface area contributed by atoms with Crippen molar-refractivity contribution in [3.8, 4) is 11.8 Å². The highest BCUT2D eigenvalue weighted by molar-refractivity contribution is 6.31. The van der Waals surface area contributed by atoms with E-state index < -0.39 is 22.8 Å². The number of piperazine rings is 1. The molecule has 3 aliphatic rings. The Labute approximate surface area is 291 Å². The second-order valence-electron chi connectivity index (χ2n) is 14.2. The highest BCUT2D eigenvalue weighted by atomic mass is 35.5. The number of halogens is 1. The van der Waals surface area contributed by atoms with Gasteiger partial charge >= 0.3 is 0 Å². The number of benzene rings is 2. The molecule has 1 aromatic heterocycles. The van der Waals surface area contributed by atoms with E-state index in [1.165, 1.54) is 0 Å². The predicted octanol–water partition coefficient (Wildman–Crippen LogP) is 3.92. The average molecular weight is 685 g/mol. The van der Waals surface area contributed by atoms with Crippen molar-refractivity contribution in [2.75, 3.05) is 36.0 Å². The van der Waals surface area contributed by atoms with Crippen LogP contribution in [-0.2, 0) is 16.1 Å². The van der Waals surface area contributed by atoms with Crippen molar-refractivity contribution in [3.05, 3.63) is 76.4 Å². The Kier molecular flexibility index (Phi) is 9.26. The molecule has 1 saturated carbocycles. The van der Waals surface area contributed by atoms with Gasteiger partial charge in [-0.3, -0.25) is 24.6 Å². The summed E-state index contributed by atoms with van der Waals surface area (Å²) in [6, 6.07) is 18.3. The van der Waals surface area contributed by atoms with Gasteiger partial charge in [-0.25, -0.2) is 0 Å². The van der Waals surface area contributed by atoms with Gasteiger partial charge < -0.3 is 20.3 Å². The normalized spacial score (nSPS) is 23.2. The van der Waals surface area contributed by atoms with E-state index in [1.54, 1.807) is 30.3 Å². The van der Waals surface area contributed by atoms with E-state index in [0.29, 0.717) is 22.8 Å². The lowest BCUT2D eigenvalue weighted by atomic mass is 9.48. The number of imide groups is 1. The Balaban J connectivity index is 1.18. The van der Waals surface area contributed by atoms with E-state index in [9.17, 15) is 19.6 Å². The number of nitrogens with two attached hydrogens (primary N) is 1. The van der Waals surface area contributed by atoms with Gasteiger partial charge in [0, 0.05) is 67.8 Å². The summed E-state index contributed by atoms with van der Waals surface area (Å²) in [6.45, 7) is 12.5. The van der Waals surface area contributed by atoms with E-state index in [-0.39, 0.29) is 36.1 Å². The number of aromatic nitrogens is 2. The Morgan fingerprint density at radius 1 is 1.04 bits per heavy atom. The van der Waals surface area contributed by atoms with Crippen LogP contribution in [0.2, 0.25) is 5.02 Å². The zero-order valence-electron chi connectivity index (χ0n) is 28.1. The highest BCUT2D eigenvalue weighted by Gasteiger charge is 2.66. The lowest BCUT2D eigenvalue weighted by molar-refractivity contribution is -0.162. The van der Waals surface area contributed by atoms with Crippen molar-refractivity contribution in [1.82, 2.24) is 20.4 Å². The van der Waals surface area contributed by atoms with Crippen LogP contribution in [0.1, 0.15) is 62.2 Å². The molecule has 1 aliphatic carbocycles. The Morgan fingerprint density at radius 2 is 1.73 bits per heavy atom. The summed E-state index contributed by atoms with van der Waals surface area (Å²) in [5.74, 6) is 0.163. The summed E-state index contributed by atoms with van der Waals surface area (Å²) in [6.07, 6.45) is 0.468. The quantitative estimate of drug-likeness (QED) is 0.317. The number of nitriles is 1. The molecule has 12 nitrogen and oxygen atoms in total. The lowest BCUT2D eigenvalue weighted by Crippen LogP contribution is -2.77. The molecule has 3 amide bonds. The molecule has 0 radical (unpaired) electrons. The van der Waals surface area contributed by atoms with Crippen LogP contribution in [0, 0.1) is 22.2 Å². The number of primary amides is 1. The van der Waals surface area contributed by atoms with Crippen LogP contribution in [0.4, 0.5) is 11.5 Å². The summed E-state index contributed by atoms with van der Waals surface area (Å²) in [5, 5.41) is 20.3. The molecule has 2 aromatic carbocycles. The molecule has 256 valence electrons. The minimum Gasteiger partial charge on any atom is -0.489 e. The number of rotatable bonds is 9. The van der Waals surface area contributed by atoms with Crippen molar-refractivity contribution >= 4 is 40.8 Å². The molecular formula is C36H41ClN8O4. The maximum atomic E-state index is 13.4. The summed E-state index contributed by atoms with van der Waals surface area (Å²) in [7, 11) is 0. The number of hydrogen-bond acceptors (Lipinski definition) is 10. The van der Waals surface area contributed by atoms with Gasteiger partial charge in [0.05, 0.1) is 10.6 Å². The number of carbonyl (C=O) groups is 3. The SMILES string of the molecule is CC1(C)C(Oc2ccc(C#N)c(Cl)c2)C(C)(C)C1N(c1ccc(CN2CCN(c3ccc(C(N)=O)nn3)CC2)cc1)C1CCC(=O)NC1=O. The van der Waals surface area contributed by atoms with Crippen molar-refractivity contribution in [1.29, 1.82) is 5.26 Å². The smallest absolute Gasteiger partial charge is 0.269 e. The number of ether oxygens (including phenoxy) is 1. The maximum absolute atomic E-state index is 13.4. The van der Waals surface area contributed by atoms with Crippen molar-refractivity contribution in [3.63, 3.8) is 0 Å². The van der Waals surface area contributed by atoms with Gasteiger partial charge in [0.25, 0.3) is 5.91 Å². The van der Waals surface area contributed by atoms with Gasteiger partial charge in [0.1, 0.15) is 24.0 Å². The Bertz CT molecular complexity index is 1770. The topological polar surface area (TPSA) is 158 Å². The van der Waals surface area contributed by atoms with Crippen LogP contribution >= 0.6 is 11.6 Å². The van der Waals surface area contributed by atoms with Crippen molar-refractivity contribution in [2.45, 2.75) is 65.3 Å². The zero-order valence-corrected chi connectivity index (χ0v) is 28.9. The summed E-state index contributed by atoms with van der Waals surface area (Å²) in [5.41, 5.74) is 7.06. The largest absolute Gasteiger partial charge is 0.489 e. The number of hydrogen-bond donors (Lipinski definition) is 2. The first-order valence-electron chi connectivity index (χ1n) is 16.5. The number of nitrogens with one attached hydrogen (secondary N) is 1. The molecule has 2 aliphatic heterocycles. The van der Waals surface area contributed by atoms with Crippen LogP contribution in [0.3, 0.4) is 0 Å². The molecule has 0 bridgehead atoms. The Morgan fingerprint density at radius 3 is 2.31 bits per heavy atom. The molecule has 3 heterocycles. The molecule has 6 rings (SSSR count). The fourth-order valence-electron chi connectivity index (χ4n) is 8.17. The first kappa shape index (κ1) is 34.1. The van der Waals surface area contributed by atoms with Crippen LogP contribution in [-0.4, -0.2) is 77.2 Å². The molecule has 3 aromatic rings. The molecule has 1 unspecified atom stereocenters. The fraction of sp³-hybridized carbons (Fsp3) is 0.444. The van der Waals surface area contributed by atoms with Crippen LogP contribution < -0.4 is 25.6 Å². The number of carbonyl (C=O) groups excluding carboxylic acids is 3. The summed E-state index contributed by atoms with van der Waals surface area (Å²) < 4.78 is 6.55. The minimum absolute atomic E-state index is 0.109. The van der Waals surface area contributed by atoms with E-state index in [2.05, 4.69) is 88.2 Å². The maximum Gasteiger partial charge on any atom is 0.269 e. The van der Waals surface area contributed by atoms with Crippen LogP contribution in [0.25, 0.3) is 0 Å². The number of nitrogens with zero attached hydrogens (tertiary/aromatic N) is 6. The second-order valence-corrected chi connectivity index (χ2v) is 14.6. The molecule has 13 heteroatoms. The van der Waals surface area contributed by atoms with E-state index in [4.69, 9.17) is 22.1 Å². The van der Waals surface area contributed by atoms with E-state index >= 15 is 0 Å². The Hall–Kier alpha value is -4.73.